The Morgan fingerprint density at radius 3 is 2.77 bits per heavy atom. The minimum absolute atomic E-state index is 0.233. The molecule has 2 aromatic rings. The minimum atomic E-state index is -0.246. The van der Waals surface area contributed by atoms with Crippen molar-refractivity contribution in [3.8, 4) is 11.5 Å². The largest absolute Gasteiger partial charge is 0.454 e. The molecule has 1 N–H and O–H groups in total. The Morgan fingerprint density at radius 1 is 1.09 bits per heavy atom. The second-order valence-electron chi connectivity index (χ2n) is 9.74. The van der Waals surface area contributed by atoms with Gasteiger partial charge in [-0.15, -0.1) is 0 Å². The Balaban J connectivity index is 1.15. The maximum Gasteiger partial charge on any atom is 0.273 e. The van der Waals surface area contributed by atoms with E-state index < -0.39 is 0 Å². The monoisotopic (exact) mass is 484 g/mol. The Kier molecular flexibility index (Phi) is 8.18. The molecular formula is C26H36N4O5. The molecule has 1 saturated carbocycles. The Labute approximate surface area is 206 Å². The molecule has 2 fully saturated rings. The number of hydrogen-bond acceptors (Lipinski definition) is 8. The minimum Gasteiger partial charge on any atom is -0.454 e. The molecule has 35 heavy (non-hydrogen) atoms. The fourth-order valence-corrected chi connectivity index (χ4v) is 5.12. The molecule has 5 rings (SSSR count). The van der Waals surface area contributed by atoms with Gasteiger partial charge in [-0.25, -0.2) is 0 Å². The number of nitrogens with zero attached hydrogens (tertiary/aromatic N) is 3. The highest BCUT2D eigenvalue weighted by Gasteiger charge is 2.21. The number of carbonyl (C=O) groups excluding carboxylic acids is 1. The van der Waals surface area contributed by atoms with Crippen molar-refractivity contribution in [2.75, 3.05) is 52.7 Å². The van der Waals surface area contributed by atoms with Gasteiger partial charge in [-0.2, -0.15) is 0 Å². The Hall–Kier alpha value is -2.62. The van der Waals surface area contributed by atoms with Crippen LogP contribution in [0, 0.1) is 5.92 Å². The number of hydrogen-bond donors (Lipinski definition) is 1. The third-order valence-electron chi connectivity index (χ3n) is 7.14. The van der Waals surface area contributed by atoms with Crippen molar-refractivity contribution in [3.63, 3.8) is 0 Å². The van der Waals surface area contributed by atoms with Gasteiger partial charge in [0.25, 0.3) is 5.91 Å². The maximum absolute atomic E-state index is 12.7. The van der Waals surface area contributed by atoms with Gasteiger partial charge in [0.2, 0.25) is 6.79 Å². The lowest BCUT2D eigenvalue weighted by molar-refractivity contribution is 0.0311. The van der Waals surface area contributed by atoms with E-state index in [2.05, 4.69) is 20.3 Å². The number of nitrogens with one attached hydrogen (secondary N) is 1. The van der Waals surface area contributed by atoms with E-state index in [1.807, 2.05) is 18.2 Å². The molecule has 1 aromatic heterocycles. The van der Waals surface area contributed by atoms with Crippen LogP contribution in [0.1, 0.15) is 53.9 Å². The highest BCUT2D eigenvalue weighted by molar-refractivity contribution is 5.92. The fourth-order valence-electron chi connectivity index (χ4n) is 5.12. The SMILES string of the molecule is O=C(NCc1ccc2c(c1)OCO2)c1cc(CN(CCN2CCOCC2)CC2CCCCC2)on1. The van der Waals surface area contributed by atoms with Crippen molar-refractivity contribution in [2.24, 2.45) is 5.92 Å². The zero-order valence-electron chi connectivity index (χ0n) is 20.4. The number of amides is 1. The molecule has 3 aliphatic rings. The van der Waals surface area contributed by atoms with Gasteiger partial charge in [-0.1, -0.05) is 30.5 Å². The predicted octanol–water partition coefficient (Wildman–Crippen LogP) is 3.05. The zero-order chi connectivity index (χ0) is 23.9. The quantitative estimate of drug-likeness (QED) is 0.551. The van der Waals surface area contributed by atoms with Gasteiger partial charge in [0.15, 0.2) is 23.0 Å². The van der Waals surface area contributed by atoms with Crippen LogP contribution in [0.5, 0.6) is 11.5 Å². The first kappa shape index (κ1) is 24.1. The topological polar surface area (TPSA) is 89.3 Å². The van der Waals surface area contributed by atoms with Gasteiger partial charge >= 0.3 is 0 Å². The second-order valence-corrected chi connectivity index (χ2v) is 9.74. The molecule has 0 bridgehead atoms. The molecule has 1 aliphatic carbocycles. The normalized spacial score (nSPS) is 18.8. The van der Waals surface area contributed by atoms with E-state index >= 15 is 0 Å². The van der Waals surface area contributed by atoms with Crippen molar-refractivity contribution in [1.29, 1.82) is 0 Å². The molecule has 0 spiro atoms. The molecule has 1 aromatic carbocycles. The first-order valence-electron chi connectivity index (χ1n) is 12.9. The van der Waals surface area contributed by atoms with Crippen molar-refractivity contribution < 1.29 is 23.5 Å². The van der Waals surface area contributed by atoms with E-state index in [1.54, 1.807) is 6.07 Å². The van der Waals surface area contributed by atoms with Crippen LogP contribution in [0.2, 0.25) is 0 Å². The third kappa shape index (κ3) is 6.74. The lowest BCUT2D eigenvalue weighted by atomic mass is 9.89. The van der Waals surface area contributed by atoms with Gasteiger partial charge in [0.1, 0.15) is 0 Å². The molecule has 9 nitrogen and oxygen atoms in total. The molecule has 0 atom stereocenters. The first-order valence-corrected chi connectivity index (χ1v) is 12.9. The summed E-state index contributed by atoms with van der Waals surface area (Å²) >= 11 is 0. The smallest absolute Gasteiger partial charge is 0.273 e. The highest BCUT2D eigenvalue weighted by atomic mass is 16.7. The second kappa shape index (κ2) is 11.9. The van der Waals surface area contributed by atoms with E-state index in [0.717, 1.165) is 68.9 Å². The summed E-state index contributed by atoms with van der Waals surface area (Å²) in [5.74, 6) is 2.66. The van der Waals surface area contributed by atoms with Crippen molar-refractivity contribution >= 4 is 5.91 Å². The Morgan fingerprint density at radius 2 is 1.91 bits per heavy atom. The van der Waals surface area contributed by atoms with E-state index in [1.165, 1.54) is 32.1 Å². The number of carbonyl (C=O) groups is 1. The summed E-state index contributed by atoms with van der Waals surface area (Å²) in [7, 11) is 0. The molecule has 9 heteroatoms. The van der Waals surface area contributed by atoms with Crippen molar-refractivity contribution in [1.82, 2.24) is 20.3 Å². The van der Waals surface area contributed by atoms with Crippen LogP contribution in [-0.4, -0.2) is 73.6 Å². The lowest BCUT2D eigenvalue weighted by Crippen LogP contribution is -2.42. The van der Waals surface area contributed by atoms with Crippen LogP contribution < -0.4 is 14.8 Å². The van der Waals surface area contributed by atoms with Crippen LogP contribution in [0.3, 0.4) is 0 Å². The molecule has 1 saturated heterocycles. The summed E-state index contributed by atoms with van der Waals surface area (Å²) in [5.41, 5.74) is 1.25. The molecule has 1 amide bonds. The van der Waals surface area contributed by atoms with Crippen LogP contribution in [-0.2, 0) is 17.8 Å². The van der Waals surface area contributed by atoms with Crippen LogP contribution >= 0.6 is 0 Å². The summed E-state index contributed by atoms with van der Waals surface area (Å²) < 4.78 is 21.8. The van der Waals surface area contributed by atoms with E-state index in [9.17, 15) is 4.79 Å². The van der Waals surface area contributed by atoms with Gasteiger partial charge in [-0.05, 0) is 36.5 Å². The molecule has 2 aliphatic heterocycles. The summed E-state index contributed by atoms with van der Waals surface area (Å²) in [6, 6.07) is 7.43. The van der Waals surface area contributed by atoms with Crippen LogP contribution in [0.15, 0.2) is 28.8 Å². The highest BCUT2D eigenvalue weighted by Crippen LogP contribution is 2.32. The van der Waals surface area contributed by atoms with Gasteiger partial charge in [0.05, 0.1) is 19.8 Å². The molecular weight excluding hydrogens is 448 g/mol. The summed E-state index contributed by atoms with van der Waals surface area (Å²) in [6.45, 7) is 7.96. The molecule has 0 unspecified atom stereocenters. The summed E-state index contributed by atoms with van der Waals surface area (Å²) in [5, 5.41) is 6.97. The number of fused-ring (bicyclic) bond motifs is 1. The van der Waals surface area contributed by atoms with Gasteiger partial charge in [-0.3, -0.25) is 14.6 Å². The van der Waals surface area contributed by atoms with Crippen LogP contribution in [0.4, 0.5) is 0 Å². The standard InChI is InChI=1S/C26H36N4O5/c31-26(27-16-21-6-7-24-25(14-21)34-19-33-24)23-15-22(35-28-23)18-30(17-20-4-2-1-3-5-20)9-8-29-10-12-32-13-11-29/h6-7,14-15,20H,1-5,8-13,16-19H2,(H,27,31). The third-order valence-corrected chi connectivity index (χ3v) is 7.14. The van der Waals surface area contributed by atoms with E-state index in [-0.39, 0.29) is 12.7 Å². The van der Waals surface area contributed by atoms with Gasteiger partial charge < -0.3 is 24.1 Å². The molecule has 3 heterocycles. The Bertz CT molecular complexity index is 968. The number of benzene rings is 1. The number of aromatic nitrogens is 1. The van der Waals surface area contributed by atoms with Gasteiger partial charge in [0, 0.05) is 45.3 Å². The predicted molar refractivity (Wildman–Crippen MR) is 129 cm³/mol. The maximum atomic E-state index is 12.7. The van der Waals surface area contributed by atoms with E-state index in [0.29, 0.717) is 24.5 Å². The molecule has 190 valence electrons. The van der Waals surface area contributed by atoms with E-state index in [4.69, 9.17) is 18.7 Å². The van der Waals surface area contributed by atoms with Crippen molar-refractivity contribution in [2.45, 2.75) is 45.2 Å². The van der Waals surface area contributed by atoms with Crippen LogP contribution in [0.25, 0.3) is 0 Å². The summed E-state index contributed by atoms with van der Waals surface area (Å²) in [4.78, 5) is 17.6. The number of morpholine rings is 1. The fraction of sp³-hybridized carbons (Fsp3) is 0.615. The summed E-state index contributed by atoms with van der Waals surface area (Å²) in [6.07, 6.45) is 6.63. The average Bonchev–Trinajstić information content (AvgIpc) is 3.56. The number of rotatable bonds is 10. The molecule has 0 radical (unpaired) electrons. The average molecular weight is 485 g/mol. The first-order chi connectivity index (χ1) is 17.2. The lowest BCUT2D eigenvalue weighted by Gasteiger charge is -2.32. The van der Waals surface area contributed by atoms with Crippen molar-refractivity contribution in [3.05, 3.63) is 41.3 Å². The zero-order valence-corrected chi connectivity index (χ0v) is 20.4. The number of ether oxygens (including phenoxy) is 3.